The summed E-state index contributed by atoms with van der Waals surface area (Å²) in [5.41, 5.74) is 8.25. The van der Waals surface area contributed by atoms with Gasteiger partial charge in [-0.15, -0.1) is 0 Å². The minimum atomic E-state index is -0.158. The van der Waals surface area contributed by atoms with Crippen molar-refractivity contribution in [3.63, 3.8) is 0 Å². The molecule has 2 aromatic carbocycles. The summed E-state index contributed by atoms with van der Waals surface area (Å²) in [7, 11) is 3.19. The standard InChI is InChI=1S/C20H26N2O3/c1-14(16-10-11-18(24-2)19(13-16)25-3)22-20(23)17-9-5-4-7-15(17)8-6-12-21/h4-5,7,9-11,13-14H,6,8,12,21H2,1-3H3,(H,22,23). The van der Waals surface area contributed by atoms with E-state index in [1.165, 1.54) is 0 Å². The normalized spacial score (nSPS) is 11.7. The lowest BCUT2D eigenvalue weighted by atomic mass is 10.0. The van der Waals surface area contributed by atoms with Gasteiger partial charge in [0.25, 0.3) is 5.91 Å². The zero-order chi connectivity index (χ0) is 18.2. The van der Waals surface area contributed by atoms with Crippen LogP contribution in [0.1, 0.15) is 40.9 Å². The highest BCUT2D eigenvalue weighted by Gasteiger charge is 2.16. The molecule has 5 nitrogen and oxygen atoms in total. The van der Waals surface area contributed by atoms with Crippen molar-refractivity contribution in [2.75, 3.05) is 20.8 Å². The average molecular weight is 342 g/mol. The number of benzene rings is 2. The second-order valence-electron chi connectivity index (χ2n) is 5.86. The van der Waals surface area contributed by atoms with Gasteiger partial charge in [0.2, 0.25) is 0 Å². The van der Waals surface area contributed by atoms with Crippen LogP contribution in [-0.4, -0.2) is 26.7 Å². The number of carbonyl (C=O) groups is 1. The number of rotatable bonds is 8. The molecule has 0 aliphatic carbocycles. The molecule has 0 heterocycles. The number of carbonyl (C=O) groups excluding carboxylic acids is 1. The van der Waals surface area contributed by atoms with E-state index in [-0.39, 0.29) is 11.9 Å². The summed E-state index contributed by atoms with van der Waals surface area (Å²) in [6.07, 6.45) is 1.65. The molecule has 1 unspecified atom stereocenters. The number of methoxy groups -OCH3 is 2. The fourth-order valence-corrected chi connectivity index (χ4v) is 2.73. The Hall–Kier alpha value is -2.53. The first kappa shape index (κ1) is 18.8. The number of hydrogen-bond acceptors (Lipinski definition) is 4. The van der Waals surface area contributed by atoms with Crippen LogP contribution in [0.2, 0.25) is 0 Å². The molecule has 0 aromatic heterocycles. The summed E-state index contributed by atoms with van der Waals surface area (Å²) in [5.74, 6) is 1.22. The molecular weight excluding hydrogens is 316 g/mol. The molecule has 1 atom stereocenters. The van der Waals surface area contributed by atoms with E-state index in [2.05, 4.69) is 5.32 Å². The van der Waals surface area contributed by atoms with E-state index in [0.717, 1.165) is 24.0 Å². The largest absolute Gasteiger partial charge is 0.493 e. The molecule has 3 N–H and O–H groups in total. The minimum absolute atomic E-state index is 0.0880. The van der Waals surface area contributed by atoms with Crippen LogP contribution in [0.25, 0.3) is 0 Å². The number of aryl methyl sites for hydroxylation is 1. The predicted octanol–water partition coefficient (Wildman–Crippen LogP) is 3.09. The topological polar surface area (TPSA) is 73.6 Å². The fourth-order valence-electron chi connectivity index (χ4n) is 2.73. The van der Waals surface area contributed by atoms with Crippen molar-refractivity contribution in [1.82, 2.24) is 5.32 Å². The van der Waals surface area contributed by atoms with Crippen LogP contribution in [0, 0.1) is 0 Å². The van der Waals surface area contributed by atoms with Crippen molar-refractivity contribution in [1.29, 1.82) is 0 Å². The zero-order valence-electron chi connectivity index (χ0n) is 15.0. The lowest BCUT2D eigenvalue weighted by molar-refractivity contribution is 0.0939. The molecule has 1 amide bonds. The van der Waals surface area contributed by atoms with Gasteiger partial charge in [-0.05, 0) is 55.6 Å². The van der Waals surface area contributed by atoms with E-state index in [0.29, 0.717) is 23.6 Å². The zero-order valence-corrected chi connectivity index (χ0v) is 15.0. The maximum atomic E-state index is 12.7. The third-order valence-corrected chi connectivity index (χ3v) is 4.17. The van der Waals surface area contributed by atoms with E-state index in [1.807, 2.05) is 49.4 Å². The van der Waals surface area contributed by atoms with Crippen LogP contribution in [-0.2, 0) is 6.42 Å². The summed E-state index contributed by atoms with van der Waals surface area (Å²) in [4.78, 5) is 12.7. The SMILES string of the molecule is COc1ccc(C(C)NC(=O)c2ccccc2CCCN)cc1OC. The summed E-state index contributed by atoms with van der Waals surface area (Å²) >= 11 is 0. The van der Waals surface area contributed by atoms with Crippen molar-refractivity contribution in [3.8, 4) is 11.5 Å². The first-order valence-electron chi connectivity index (χ1n) is 8.41. The van der Waals surface area contributed by atoms with Gasteiger partial charge in [0.1, 0.15) is 0 Å². The monoisotopic (exact) mass is 342 g/mol. The highest BCUT2D eigenvalue weighted by molar-refractivity contribution is 5.95. The highest BCUT2D eigenvalue weighted by Crippen LogP contribution is 2.30. The molecule has 0 spiro atoms. The Labute approximate surface area is 149 Å². The Balaban J connectivity index is 2.15. The Bertz CT molecular complexity index is 716. The van der Waals surface area contributed by atoms with Gasteiger partial charge < -0.3 is 20.5 Å². The molecule has 2 rings (SSSR count). The Morgan fingerprint density at radius 1 is 1.12 bits per heavy atom. The number of hydrogen-bond donors (Lipinski definition) is 2. The van der Waals surface area contributed by atoms with Gasteiger partial charge in [0.05, 0.1) is 20.3 Å². The fraction of sp³-hybridized carbons (Fsp3) is 0.350. The Morgan fingerprint density at radius 3 is 2.52 bits per heavy atom. The first-order chi connectivity index (χ1) is 12.1. The van der Waals surface area contributed by atoms with E-state index >= 15 is 0 Å². The van der Waals surface area contributed by atoms with Crippen LogP contribution in [0.4, 0.5) is 0 Å². The van der Waals surface area contributed by atoms with Crippen molar-refractivity contribution in [2.45, 2.75) is 25.8 Å². The first-order valence-corrected chi connectivity index (χ1v) is 8.41. The highest BCUT2D eigenvalue weighted by atomic mass is 16.5. The molecule has 0 aliphatic heterocycles. The Kier molecular flexibility index (Phi) is 6.83. The molecule has 0 aliphatic rings. The number of nitrogens with one attached hydrogen (secondary N) is 1. The van der Waals surface area contributed by atoms with Gasteiger partial charge in [-0.3, -0.25) is 4.79 Å². The quantitative estimate of drug-likeness (QED) is 0.773. The maximum absolute atomic E-state index is 12.7. The van der Waals surface area contributed by atoms with Gasteiger partial charge in [0, 0.05) is 5.56 Å². The Morgan fingerprint density at radius 2 is 1.84 bits per heavy atom. The van der Waals surface area contributed by atoms with Gasteiger partial charge in [-0.1, -0.05) is 24.3 Å². The summed E-state index contributed by atoms with van der Waals surface area (Å²) in [6, 6.07) is 13.1. The van der Waals surface area contributed by atoms with E-state index < -0.39 is 0 Å². The molecule has 25 heavy (non-hydrogen) atoms. The van der Waals surface area contributed by atoms with Crippen molar-refractivity contribution >= 4 is 5.91 Å². The molecule has 0 bridgehead atoms. The third kappa shape index (κ3) is 4.73. The molecule has 2 aromatic rings. The lowest BCUT2D eigenvalue weighted by Gasteiger charge is -2.17. The second-order valence-corrected chi connectivity index (χ2v) is 5.86. The molecular formula is C20H26N2O3. The minimum Gasteiger partial charge on any atom is -0.493 e. The second kappa shape index (κ2) is 9.08. The molecule has 0 fully saturated rings. The van der Waals surface area contributed by atoms with E-state index in [4.69, 9.17) is 15.2 Å². The summed E-state index contributed by atoms with van der Waals surface area (Å²) < 4.78 is 10.6. The third-order valence-electron chi connectivity index (χ3n) is 4.17. The predicted molar refractivity (Wildman–Crippen MR) is 99.2 cm³/mol. The van der Waals surface area contributed by atoms with Crippen LogP contribution in [0.3, 0.4) is 0 Å². The summed E-state index contributed by atoms with van der Waals surface area (Å²) in [5, 5.41) is 3.05. The number of amides is 1. The van der Waals surface area contributed by atoms with Gasteiger partial charge in [0.15, 0.2) is 11.5 Å². The van der Waals surface area contributed by atoms with Gasteiger partial charge in [-0.25, -0.2) is 0 Å². The number of ether oxygens (including phenoxy) is 2. The molecule has 0 saturated carbocycles. The van der Waals surface area contributed by atoms with Gasteiger partial charge in [-0.2, -0.15) is 0 Å². The van der Waals surface area contributed by atoms with Crippen molar-refractivity contribution in [2.24, 2.45) is 5.73 Å². The van der Waals surface area contributed by atoms with Crippen LogP contribution < -0.4 is 20.5 Å². The lowest BCUT2D eigenvalue weighted by Crippen LogP contribution is -2.27. The van der Waals surface area contributed by atoms with Crippen molar-refractivity contribution in [3.05, 3.63) is 59.2 Å². The summed E-state index contributed by atoms with van der Waals surface area (Å²) in [6.45, 7) is 2.56. The van der Waals surface area contributed by atoms with Crippen LogP contribution >= 0.6 is 0 Å². The molecule has 134 valence electrons. The average Bonchev–Trinajstić information content (AvgIpc) is 2.65. The van der Waals surface area contributed by atoms with E-state index in [1.54, 1.807) is 14.2 Å². The molecule has 0 saturated heterocycles. The molecule has 5 heteroatoms. The van der Waals surface area contributed by atoms with Crippen LogP contribution in [0.15, 0.2) is 42.5 Å². The molecule has 0 radical (unpaired) electrons. The van der Waals surface area contributed by atoms with Crippen LogP contribution in [0.5, 0.6) is 11.5 Å². The number of nitrogens with two attached hydrogens (primary N) is 1. The van der Waals surface area contributed by atoms with E-state index in [9.17, 15) is 4.79 Å². The maximum Gasteiger partial charge on any atom is 0.252 e. The van der Waals surface area contributed by atoms with Gasteiger partial charge >= 0.3 is 0 Å². The smallest absolute Gasteiger partial charge is 0.252 e. The van der Waals surface area contributed by atoms with Crippen molar-refractivity contribution < 1.29 is 14.3 Å².